The van der Waals surface area contributed by atoms with Crippen LogP contribution in [0.4, 0.5) is 0 Å². The second kappa shape index (κ2) is 5.32. The molecule has 0 aliphatic carbocycles. The molecule has 0 spiro atoms. The molecule has 1 atom stereocenters. The Morgan fingerprint density at radius 1 is 1.24 bits per heavy atom. The third-order valence-corrected chi connectivity index (χ3v) is 2.44. The topological polar surface area (TPSA) is 68.3 Å². The Bertz CT molecular complexity index is 465. The Morgan fingerprint density at radius 2 is 2.00 bits per heavy atom. The summed E-state index contributed by atoms with van der Waals surface area (Å²) in [6.45, 7) is 0.111. The average Bonchev–Trinajstić information content (AvgIpc) is 2.84. The third kappa shape index (κ3) is 2.95. The summed E-state index contributed by atoms with van der Waals surface area (Å²) in [7, 11) is 0. The maximum absolute atomic E-state index is 10.8. The molecule has 88 valence electrons. The quantitative estimate of drug-likeness (QED) is 0.816. The molecule has 17 heavy (non-hydrogen) atoms. The van der Waals surface area contributed by atoms with E-state index in [9.17, 15) is 4.79 Å². The van der Waals surface area contributed by atoms with Crippen LogP contribution in [0, 0.1) is 0 Å². The highest BCUT2D eigenvalue weighted by Crippen LogP contribution is 2.21. The monoisotopic (exact) mass is 230 g/mol. The van der Waals surface area contributed by atoms with Gasteiger partial charge in [0.15, 0.2) is 0 Å². The molecule has 0 aliphatic heterocycles. The molecule has 0 saturated carbocycles. The maximum atomic E-state index is 10.8. The summed E-state index contributed by atoms with van der Waals surface area (Å²) in [5, 5.41) is 3.07. The Balaban J connectivity index is 2.22. The fraction of sp³-hybridized carbons (Fsp3) is 0.154. The van der Waals surface area contributed by atoms with Crippen LogP contribution < -0.4 is 11.1 Å². The summed E-state index contributed by atoms with van der Waals surface area (Å²) >= 11 is 0. The predicted octanol–water partition coefficient (Wildman–Crippen LogP) is 1.44. The minimum absolute atomic E-state index is 0.111. The lowest BCUT2D eigenvalue weighted by Crippen LogP contribution is -2.32. The van der Waals surface area contributed by atoms with E-state index >= 15 is 0 Å². The van der Waals surface area contributed by atoms with Gasteiger partial charge in [-0.25, -0.2) is 0 Å². The molecular weight excluding hydrogens is 216 g/mol. The highest BCUT2D eigenvalue weighted by molar-refractivity contribution is 5.76. The second-order valence-corrected chi connectivity index (χ2v) is 3.71. The fourth-order valence-electron chi connectivity index (χ4n) is 1.69. The Kier molecular flexibility index (Phi) is 3.57. The van der Waals surface area contributed by atoms with Crippen LogP contribution in [-0.2, 0) is 4.79 Å². The number of furan rings is 1. The van der Waals surface area contributed by atoms with Crippen LogP contribution in [0.25, 0.3) is 0 Å². The van der Waals surface area contributed by atoms with Gasteiger partial charge in [0.1, 0.15) is 5.76 Å². The predicted molar refractivity (Wildman–Crippen MR) is 64.2 cm³/mol. The highest BCUT2D eigenvalue weighted by Gasteiger charge is 2.16. The molecule has 4 nitrogen and oxygen atoms in total. The minimum atomic E-state index is -0.391. The normalized spacial score (nSPS) is 12.2. The van der Waals surface area contributed by atoms with Gasteiger partial charge < -0.3 is 10.2 Å². The van der Waals surface area contributed by atoms with Gasteiger partial charge >= 0.3 is 0 Å². The summed E-state index contributed by atoms with van der Waals surface area (Å²) in [5.74, 6) is 0.370. The molecule has 1 heterocycles. The lowest BCUT2D eigenvalue weighted by atomic mass is 10.0. The highest BCUT2D eigenvalue weighted by atomic mass is 16.3. The van der Waals surface area contributed by atoms with Gasteiger partial charge in [0, 0.05) is 0 Å². The van der Waals surface area contributed by atoms with Crippen molar-refractivity contribution in [2.45, 2.75) is 6.04 Å². The second-order valence-electron chi connectivity index (χ2n) is 3.71. The fourth-order valence-corrected chi connectivity index (χ4v) is 1.69. The maximum Gasteiger partial charge on any atom is 0.231 e. The van der Waals surface area contributed by atoms with E-state index in [1.807, 2.05) is 42.5 Å². The van der Waals surface area contributed by atoms with Crippen LogP contribution in [0.2, 0.25) is 0 Å². The Morgan fingerprint density at radius 3 is 2.59 bits per heavy atom. The van der Waals surface area contributed by atoms with Crippen LogP contribution in [0.3, 0.4) is 0 Å². The largest absolute Gasteiger partial charge is 0.467 e. The third-order valence-electron chi connectivity index (χ3n) is 2.44. The number of carbonyl (C=O) groups excluding carboxylic acids is 1. The number of primary amides is 1. The zero-order valence-electron chi connectivity index (χ0n) is 9.30. The molecular formula is C13H14N2O2. The standard InChI is InChI=1S/C13H14N2O2/c14-12(16)9-15-13(11-7-4-8-17-11)10-5-2-1-3-6-10/h1-8,13,15H,9H2,(H2,14,16)/t13-/m1/s1. The molecule has 0 aliphatic rings. The number of hydrogen-bond donors (Lipinski definition) is 2. The lowest BCUT2D eigenvalue weighted by Gasteiger charge is -2.15. The molecule has 0 bridgehead atoms. The molecule has 2 aromatic rings. The number of nitrogens with two attached hydrogens (primary N) is 1. The minimum Gasteiger partial charge on any atom is -0.467 e. The summed E-state index contributed by atoms with van der Waals surface area (Å²) in [6, 6.07) is 13.3. The Labute approximate surface area is 99.4 Å². The molecule has 1 amide bonds. The number of nitrogens with one attached hydrogen (secondary N) is 1. The molecule has 3 N–H and O–H groups in total. The van der Waals surface area contributed by atoms with E-state index in [0.29, 0.717) is 0 Å². The lowest BCUT2D eigenvalue weighted by molar-refractivity contribution is -0.117. The van der Waals surface area contributed by atoms with Gasteiger partial charge in [0.05, 0.1) is 18.8 Å². The van der Waals surface area contributed by atoms with Crippen molar-refractivity contribution < 1.29 is 9.21 Å². The Hall–Kier alpha value is -2.07. The van der Waals surface area contributed by atoms with Crippen molar-refractivity contribution >= 4 is 5.91 Å². The first kappa shape index (κ1) is 11.4. The molecule has 0 fully saturated rings. The summed E-state index contributed by atoms with van der Waals surface area (Å²) in [4.78, 5) is 10.8. The number of carbonyl (C=O) groups is 1. The molecule has 4 heteroatoms. The van der Waals surface area contributed by atoms with Crippen LogP contribution in [-0.4, -0.2) is 12.5 Å². The van der Waals surface area contributed by atoms with Gasteiger partial charge in [-0.1, -0.05) is 30.3 Å². The number of benzene rings is 1. The molecule has 0 saturated heterocycles. The van der Waals surface area contributed by atoms with E-state index in [4.69, 9.17) is 10.2 Å². The number of hydrogen-bond acceptors (Lipinski definition) is 3. The van der Waals surface area contributed by atoms with E-state index in [2.05, 4.69) is 5.32 Å². The van der Waals surface area contributed by atoms with Crippen LogP contribution in [0.15, 0.2) is 53.1 Å². The van der Waals surface area contributed by atoms with Gasteiger partial charge in [-0.3, -0.25) is 10.1 Å². The number of rotatable bonds is 5. The smallest absolute Gasteiger partial charge is 0.231 e. The van der Waals surface area contributed by atoms with Gasteiger partial charge in [0.2, 0.25) is 5.91 Å². The average molecular weight is 230 g/mol. The first-order valence-electron chi connectivity index (χ1n) is 5.37. The summed E-state index contributed by atoms with van der Waals surface area (Å²) < 4.78 is 5.37. The van der Waals surface area contributed by atoms with Crippen LogP contribution >= 0.6 is 0 Å². The van der Waals surface area contributed by atoms with Gasteiger partial charge in [-0.15, -0.1) is 0 Å². The zero-order chi connectivity index (χ0) is 12.1. The molecule has 1 aromatic heterocycles. The molecule has 0 unspecified atom stereocenters. The SMILES string of the molecule is NC(=O)CN[C@H](c1ccccc1)c1ccco1. The molecule has 0 radical (unpaired) electrons. The van der Waals surface area contributed by atoms with Crippen LogP contribution in [0.5, 0.6) is 0 Å². The van der Waals surface area contributed by atoms with E-state index < -0.39 is 5.91 Å². The number of amides is 1. The van der Waals surface area contributed by atoms with E-state index in [1.54, 1.807) is 6.26 Å². The van der Waals surface area contributed by atoms with Crippen molar-refractivity contribution in [2.24, 2.45) is 5.73 Å². The van der Waals surface area contributed by atoms with E-state index in [0.717, 1.165) is 11.3 Å². The van der Waals surface area contributed by atoms with Gasteiger partial charge in [0.25, 0.3) is 0 Å². The van der Waals surface area contributed by atoms with Gasteiger partial charge in [-0.2, -0.15) is 0 Å². The van der Waals surface area contributed by atoms with Crippen molar-refractivity contribution in [3.05, 3.63) is 60.1 Å². The van der Waals surface area contributed by atoms with Crippen molar-refractivity contribution in [3.63, 3.8) is 0 Å². The van der Waals surface area contributed by atoms with E-state index in [1.165, 1.54) is 0 Å². The zero-order valence-corrected chi connectivity index (χ0v) is 9.30. The molecule has 2 rings (SSSR count). The summed E-state index contributed by atoms with van der Waals surface area (Å²) in [5.41, 5.74) is 6.17. The van der Waals surface area contributed by atoms with Crippen molar-refractivity contribution in [3.8, 4) is 0 Å². The van der Waals surface area contributed by atoms with Crippen molar-refractivity contribution in [2.75, 3.05) is 6.54 Å². The van der Waals surface area contributed by atoms with Crippen LogP contribution in [0.1, 0.15) is 17.4 Å². The van der Waals surface area contributed by atoms with Crippen molar-refractivity contribution in [1.29, 1.82) is 0 Å². The van der Waals surface area contributed by atoms with E-state index in [-0.39, 0.29) is 12.6 Å². The first-order valence-corrected chi connectivity index (χ1v) is 5.37. The van der Waals surface area contributed by atoms with Gasteiger partial charge in [-0.05, 0) is 17.7 Å². The summed E-state index contributed by atoms with van der Waals surface area (Å²) in [6.07, 6.45) is 1.61. The first-order chi connectivity index (χ1) is 8.27. The molecule has 1 aromatic carbocycles. The van der Waals surface area contributed by atoms with Crippen molar-refractivity contribution in [1.82, 2.24) is 5.32 Å².